The van der Waals surface area contributed by atoms with Gasteiger partial charge in [0.15, 0.2) is 71.9 Å². The van der Waals surface area contributed by atoms with E-state index in [2.05, 4.69) is 61.9 Å². The van der Waals surface area contributed by atoms with Gasteiger partial charge in [-0.1, -0.05) is 31.3 Å². The Kier molecular flexibility index (Phi) is 28.1. The highest BCUT2D eigenvalue weighted by Crippen LogP contribution is 2.44. The number of aliphatic hydroxyl groups excluding tert-OH is 24. The molecule has 6 saturated heterocycles. The summed E-state index contributed by atoms with van der Waals surface area (Å²) in [6.07, 6.45) is -41.1. The lowest BCUT2D eigenvalue weighted by atomic mass is 9.94. The molecule has 1 aliphatic carbocycles. The van der Waals surface area contributed by atoms with Crippen molar-refractivity contribution in [3.05, 3.63) is 141 Å². The number of hydrogen-bond acceptors (Lipinski definition) is 48. The lowest BCUT2D eigenvalue weighted by Crippen LogP contribution is -2.56. The fourth-order valence-corrected chi connectivity index (χ4v) is 15.9. The van der Waals surface area contributed by atoms with Crippen LogP contribution in [0.25, 0.3) is 0 Å². The third-order valence-corrected chi connectivity index (χ3v) is 23.3. The smallest absolute Gasteiger partial charge is 0.180 e. The summed E-state index contributed by atoms with van der Waals surface area (Å²) in [4.78, 5) is 0. The van der Waals surface area contributed by atoms with E-state index in [4.69, 9.17) is 56.8 Å². The first-order valence-electron chi connectivity index (χ1n) is 40.6. The maximum Gasteiger partial charge on any atom is 0.180 e. The largest absolute Gasteiger partial charge is 0.483 e. The molecule has 30 atom stereocenters. The number of hydrogen-bond donors (Lipinski definition) is 24. The van der Waals surface area contributed by atoms with Gasteiger partial charge >= 0.3 is 0 Å². The first-order valence-corrected chi connectivity index (χ1v) is 40.6. The zero-order valence-corrected chi connectivity index (χ0v) is 67.5. The first-order chi connectivity index (χ1) is 62.0. The summed E-state index contributed by atoms with van der Waals surface area (Å²) in [6, 6.07) is 9.82. The van der Waals surface area contributed by atoms with E-state index in [9.17, 15) is 123 Å². The van der Waals surface area contributed by atoms with Gasteiger partial charge in [0.25, 0.3) is 0 Å². The summed E-state index contributed by atoms with van der Waals surface area (Å²) in [6.45, 7) is -7.23. The molecular weight excluding hydrogens is 1730 g/mol. The lowest BCUT2D eigenvalue weighted by Gasteiger charge is -2.39. The van der Waals surface area contributed by atoms with Crippen molar-refractivity contribution >= 4 is 0 Å². The van der Waals surface area contributed by atoms with E-state index < -0.39 is 263 Å². The zero-order chi connectivity index (χ0) is 91.2. The molecule has 0 saturated carbocycles. The monoisotopic (exact) mass is 1820 g/mol. The van der Waals surface area contributed by atoms with Gasteiger partial charge in [-0.15, -0.1) is 30.6 Å². The van der Waals surface area contributed by atoms with Crippen LogP contribution >= 0.6 is 0 Å². The van der Waals surface area contributed by atoms with Crippen molar-refractivity contribution in [3.8, 4) is 34.5 Å². The fraction of sp³-hybridized carbons (Fsp3) is 0.600. The molecule has 0 radical (unpaired) electrons. The van der Waals surface area contributed by atoms with Crippen molar-refractivity contribution in [1.82, 2.24) is 90.0 Å². The molecule has 702 valence electrons. The van der Waals surface area contributed by atoms with Crippen LogP contribution in [0.3, 0.4) is 0 Å². The van der Waals surface area contributed by atoms with Crippen molar-refractivity contribution in [1.29, 1.82) is 0 Å². The Morgan fingerprint density at radius 2 is 0.357 bits per heavy atom. The molecule has 0 unspecified atom stereocenters. The average molecular weight is 1830 g/mol. The van der Waals surface area contributed by atoms with Crippen LogP contribution in [0.4, 0.5) is 0 Å². The molecule has 54 nitrogen and oxygen atoms in total. The number of fused-ring (bicyclic) bond motifs is 3. The van der Waals surface area contributed by atoms with Crippen LogP contribution in [0.15, 0.2) is 73.6 Å². The molecular formula is C75H96N18O36. The molecule has 9 aromatic rings. The summed E-state index contributed by atoms with van der Waals surface area (Å²) in [5.41, 5.74) is 3.30. The molecule has 24 N–H and O–H groups in total. The van der Waals surface area contributed by atoms with Crippen LogP contribution in [0.2, 0.25) is 0 Å². The predicted octanol–water partition coefficient (Wildman–Crippen LogP) is -12.4. The minimum atomic E-state index is -1.80. The highest BCUT2D eigenvalue weighted by molar-refractivity contribution is 5.58. The SMILES string of the molecule is OC[C@H]1O[C@@H](n2cc(COc3cc4c(cc3OCc3cn([C@@H]5O[C@H](CO)[C@@H](O)[C@H](O)[C@H]5O)nn3)Cc3cc(OCc5cn([C@@H]6O[C@H](CO)[C@@H](O)[C@H](O)[C@H]6O)nn5)c(OCc5cn([C@@H]6O[C@H](CO)[C@@H](O)[C@H](O)[C@H]6O)nn5)cc3Cc3cc(OCc5cn([C@@H]6O[C@H](CO)[C@@H](O)[C@H](O)[C@H]6O)nn5)c(OCc5cn([C@@H]6O[C@H](CO)[C@@H](O)[C@H](O)[C@H]6O)nn5)cc3C4)nn2)[C@H](O)[C@@H](O)[C@@H]1O. The summed E-state index contributed by atoms with van der Waals surface area (Å²) in [5, 5.41) is 305. The van der Waals surface area contributed by atoms with Gasteiger partial charge in [-0.25, -0.2) is 28.1 Å². The Hall–Kier alpha value is -9.90. The van der Waals surface area contributed by atoms with Crippen LogP contribution in [-0.2, 0) is 87.3 Å². The van der Waals surface area contributed by atoms with E-state index in [0.29, 0.717) is 33.4 Å². The molecule has 6 fully saturated rings. The van der Waals surface area contributed by atoms with Crippen molar-refractivity contribution < 1.29 is 179 Å². The quantitative estimate of drug-likeness (QED) is 0.0199. The molecule has 6 aliphatic heterocycles. The number of rotatable bonds is 30. The Balaban J connectivity index is 0.820. The molecule has 0 amide bonds. The Morgan fingerprint density at radius 1 is 0.217 bits per heavy atom. The highest BCUT2D eigenvalue weighted by atomic mass is 16.6. The average Bonchev–Trinajstić information content (AvgIpc) is 1.70. The van der Waals surface area contributed by atoms with E-state index in [1.807, 2.05) is 0 Å². The molecule has 0 bridgehead atoms. The van der Waals surface area contributed by atoms with E-state index in [0.717, 1.165) is 28.1 Å². The number of aliphatic hydroxyl groups is 24. The second-order valence-corrected chi connectivity index (χ2v) is 31.9. The van der Waals surface area contributed by atoms with Crippen LogP contribution < -0.4 is 28.4 Å². The third-order valence-electron chi connectivity index (χ3n) is 23.3. The second-order valence-electron chi connectivity index (χ2n) is 31.9. The van der Waals surface area contributed by atoms with Crippen molar-refractivity contribution in [2.24, 2.45) is 0 Å². The summed E-state index contributed by atoms with van der Waals surface area (Å²) < 4.78 is 80.7. The number of benzene rings is 3. The van der Waals surface area contributed by atoms with Gasteiger partial charge in [0, 0.05) is 0 Å². The minimum absolute atomic E-state index is 0.0119. The number of aromatic nitrogens is 18. The van der Waals surface area contributed by atoms with E-state index in [1.54, 1.807) is 36.4 Å². The second kappa shape index (κ2) is 39.3. The predicted molar refractivity (Wildman–Crippen MR) is 408 cm³/mol. The normalized spacial score (nSPS) is 33.7. The standard InChI is InChI=1S/C75H96N18O36/c94-16-46-52(100)58(106)64(112)70(124-46)88-10-34(76-82-88)22-118-40-4-28-1-29-5-41(119-23-35-11-89(83-77-35)71-65(113)59(107)53(101)47(17-95)125-71)43(121-25-37-13-91(85-79-37)73-67(115)61(109)55(103)49(19-97)127-73)7-31(29)3-33-9-45(123-27-39-15-93(87-81-39)75-69(117)63(111)57(105)51(21-99)129-75)44(122-26-38-14-92(86-80-38)74-68(116)62(110)56(104)50(20-98)128-74)8-32(33)2-30(28)6-42(40)120-24-36-12-90(84-78-36)72-66(114)60(108)54(102)48(18-96)126-72/h4-15,46-75,94-117H,1-3,16-27H2/t46-,47-,48-,49-,50-,51-,52-,53-,54-,55-,56-,57-,58+,59+,60+,61+,62+,63+,64-,65-,66-,67-,68-,69-,70-,71-,72-,73-,74-,75-/m1/s1. The highest BCUT2D eigenvalue weighted by Gasteiger charge is 2.51. The van der Waals surface area contributed by atoms with Gasteiger partial charge in [-0.05, 0) is 89.0 Å². The van der Waals surface area contributed by atoms with Gasteiger partial charge < -0.3 is 179 Å². The molecule has 16 rings (SSSR count). The zero-order valence-electron chi connectivity index (χ0n) is 67.5. The first kappa shape index (κ1) is 92.4. The van der Waals surface area contributed by atoms with Crippen molar-refractivity contribution in [3.63, 3.8) is 0 Å². The maximum atomic E-state index is 11.1. The van der Waals surface area contributed by atoms with Gasteiger partial charge in [0.05, 0.1) is 76.8 Å². The number of ether oxygens (including phenoxy) is 12. The van der Waals surface area contributed by atoms with Crippen molar-refractivity contribution in [2.45, 2.75) is 243 Å². The van der Waals surface area contributed by atoms with E-state index in [1.165, 1.54) is 37.2 Å². The summed E-state index contributed by atoms with van der Waals surface area (Å²) in [7, 11) is 0. The lowest BCUT2D eigenvalue weighted by molar-refractivity contribution is -0.254. The summed E-state index contributed by atoms with van der Waals surface area (Å²) >= 11 is 0. The Morgan fingerprint density at radius 3 is 0.488 bits per heavy atom. The molecule has 3 aromatic carbocycles. The summed E-state index contributed by atoms with van der Waals surface area (Å²) in [5.74, 6) is -0.0713. The van der Waals surface area contributed by atoms with Crippen LogP contribution in [0, 0.1) is 0 Å². The van der Waals surface area contributed by atoms with Gasteiger partial charge in [-0.3, -0.25) is 0 Å². The van der Waals surface area contributed by atoms with Crippen LogP contribution in [0.5, 0.6) is 34.5 Å². The van der Waals surface area contributed by atoms with E-state index >= 15 is 0 Å². The maximum absolute atomic E-state index is 11.1. The van der Waals surface area contributed by atoms with Gasteiger partial charge in [-0.2, -0.15) is 0 Å². The third kappa shape index (κ3) is 18.9. The van der Waals surface area contributed by atoms with Crippen LogP contribution in [-0.4, -0.2) is 399 Å². The van der Waals surface area contributed by atoms with Crippen LogP contribution in [0.1, 0.15) is 105 Å². The van der Waals surface area contributed by atoms with E-state index in [-0.39, 0.29) is 87.9 Å². The Labute approximate surface area is 724 Å². The molecule has 54 heteroatoms. The molecule has 7 aliphatic rings. The topological polar surface area (TPSA) is 781 Å². The molecule has 6 aromatic heterocycles. The molecule has 0 spiro atoms. The van der Waals surface area contributed by atoms with Gasteiger partial charge in [0.2, 0.25) is 0 Å². The number of nitrogens with zero attached hydrogens (tertiary/aromatic N) is 18. The van der Waals surface area contributed by atoms with Gasteiger partial charge in [0.1, 0.15) is 220 Å². The minimum Gasteiger partial charge on any atom is -0.483 e. The fourth-order valence-electron chi connectivity index (χ4n) is 15.9. The Bertz CT molecular complexity index is 4440. The van der Waals surface area contributed by atoms with Crippen molar-refractivity contribution in [2.75, 3.05) is 39.6 Å². The molecule has 129 heavy (non-hydrogen) atoms. The molecule has 12 heterocycles.